The summed E-state index contributed by atoms with van der Waals surface area (Å²) in [5.74, 6) is 0.323. The van der Waals surface area contributed by atoms with Crippen LogP contribution in [0.15, 0.2) is 47.6 Å². The maximum Gasteiger partial charge on any atom is 0.234 e. The van der Waals surface area contributed by atoms with E-state index in [-0.39, 0.29) is 23.6 Å². The first-order valence-corrected chi connectivity index (χ1v) is 10.3. The van der Waals surface area contributed by atoms with Crippen molar-refractivity contribution < 1.29 is 9.59 Å². The van der Waals surface area contributed by atoms with Gasteiger partial charge in [0.2, 0.25) is 11.8 Å². The Bertz CT molecular complexity index is 1030. The van der Waals surface area contributed by atoms with Gasteiger partial charge >= 0.3 is 0 Å². The van der Waals surface area contributed by atoms with Crippen LogP contribution in [0.25, 0.3) is 11.0 Å². The van der Waals surface area contributed by atoms with Gasteiger partial charge in [-0.1, -0.05) is 17.8 Å². The minimum Gasteiger partial charge on any atom is -0.333 e. The molecule has 4 rings (SSSR count). The molecular weight excluding hydrogens is 372 g/mol. The topological polar surface area (TPSA) is 78.1 Å². The Kier molecular flexibility index (Phi) is 5.09. The summed E-state index contributed by atoms with van der Waals surface area (Å²) in [5.41, 5.74) is 4.63. The SMILES string of the molecule is Cc1ccc2nc(SCC(=O)Nc3ccc(N4C(=O)CCC4C)cc3)[nH]c2c1. The van der Waals surface area contributed by atoms with Crippen LogP contribution < -0.4 is 10.2 Å². The Morgan fingerprint density at radius 2 is 2.07 bits per heavy atom. The fourth-order valence-corrected chi connectivity index (χ4v) is 4.12. The molecular formula is C21H22N4O2S. The largest absolute Gasteiger partial charge is 0.333 e. The van der Waals surface area contributed by atoms with Crippen molar-refractivity contribution in [2.75, 3.05) is 16.0 Å². The average Bonchev–Trinajstić information content (AvgIpc) is 3.23. The maximum absolute atomic E-state index is 12.3. The number of aryl methyl sites for hydroxylation is 1. The van der Waals surface area contributed by atoms with Gasteiger partial charge in [0, 0.05) is 23.8 Å². The van der Waals surface area contributed by atoms with E-state index in [2.05, 4.69) is 22.2 Å². The number of carbonyl (C=O) groups excluding carboxylic acids is 2. The molecule has 1 aromatic heterocycles. The summed E-state index contributed by atoms with van der Waals surface area (Å²) in [7, 11) is 0. The monoisotopic (exact) mass is 394 g/mol. The van der Waals surface area contributed by atoms with Gasteiger partial charge in [-0.3, -0.25) is 9.59 Å². The Hall–Kier alpha value is -2.80. The molecule has 144 valence electrons. The first-order chi connectivity index (χ1) is 13.5. The van der Waals surface area contributed by atoms with Crippen molar-refractivity contribution in [1.82, 2.24) is 9.97 Å². The molecule has 0 bridgehead atoms. The van der Waals surface area contributed by atoms with Crippen molar-refractivity contribution in [3.05, 3.63) is 48.0 Å². The third-order valence-corrected chi connectivity index (χ3v) is 5.74. The van der Waals surface area contributed by atoms with Gasteiger partial charge in [-0.05, 0) is 62.2 Å². The lowest BCUT2D eigenvalue weighted by atomic mass is 10.2. The number of benzene rings is 2. The number of aromatic nitrogens is 2. The number of aromatic amines is 1. The molecule has 1 saturated heterocycles. The predicted octanol–water partition coefficient (Wildman–Crippen LogP) is 4.12. The summed E-state index contributed by atoms with van der Waals surface area (Å²) in [5, 5.41) is 3.62. The van der Waals surface area contributed by atoms with Crippen molar-refractivity contribution >= 4 is 46.0 Å². The van der Waals surface area contributed by atoms with Crippen LogP contribution in [0.1, 0.15) is 25.3 Å². The molecule has 1 fully saturated rings. The minimum atomic E-state index is -0.0972. The van der Waals surface area contributed by atoms with E-state index in [9.17, 15) is 9.59 Å². The normalized spacial score (nSPS) is 16.7. The Morgan fingerprint density at radius 1 is 1.29 bits per heavy atom. The van der Waals surface area contributed by atoms with Crippen LogP contribution in [0.4, 0.5) is 11.4 Å². The van der Waals surface area contributed by atoms with Gasteiger partial charge in [0.15, 0.2) is 5.16 Å². The van der Waals surface area contributed by atoms with E-state index < -0.39 is 0 Å². The third-order valence-electron chi connectivity index (χ3n) is 4.87. The number of imidazole rings is 1. The van der Waals surface area contributed by atoms with E-state index in [4.69, 9.17) is 0 Å². The number of hydrogen-bond donors (Lipinski definition) is 2. The molecule has 2 heterocycles. The molecule has 28 heavy (non-hydrogen) atoms. The standard InChI is InChI=1S/C21H22N4O2S/c1-13-3-9-17-18(11-13)24-21(23-17)28-12-19(26)22-15-5-7-16(8-6-15)25-14(2)4-10-20(25)27/h3,5-9,11,14H,4,10,12H2,1-2H3,(H,22,26)(H,23,24). The first kappa shape index (κ1) is 18.6. The van der Waals surface area contributed by atoms with Gasteiger partial charge in [0.05, 0.1) is 16.8 Å². The number of hydrogen-bond acceptors (Lipinski definition) is 4. The fraction of sp³-hybridized carbons (Fsp3) is 0.286. The zero-order chi connectivity index (χ0) is 19.7. The Balaban J connectivity index is 1.35. The molecule has 3 aromatic rings. The zero-order valence-electron chi connectivity index (χ0n) is 15.9. The second-order valence-electron chi connectivity index (χ2n) is 7.10. The molecule has 0 saturated carbocycles. The summed E-state index contributed by atoms with van der Waals surface area (Å²) in [6.07, 6.45) is 1.48. The highest BCUT2D eigenvalue weighted by molar-refractivity contribution is 7.99. The van der Waals surface area contributed by atoms with Crippen molar-refractivity contribution in [2.24, 2.45) is 0 Å². The number of anilines is 2. The number of carbonyl (C=O) groups is 2. The first-order valence-electron chi connectivity index (χ1n) is 9.31. The van der Waals surface area contributed by atoms with Gasteiger partial charge in [0.25, 0.3) is 0 Å². The van der Waals surface area contributed by atoms with Crippen molar-refractivity contribution in [1.29, 1.82) is 0 Å². The highest BCUT2D eigenvalue weighted by Gasteiger charge is 2.28. The molecule has 0 spiro atoms. The van der Waals surface area contributed by atoms with E-state index in [1.165, 1.54) is 17.3 Å². The van der Waals surface area contributed by atoms with Gasteiger partial charge < -0.3 is 15.2 Å². The summed E-state index contributed by atoms with van der Waals surface area (Å²) < 4.78 is 0. The van der Waals surface area contributed by atoms with Gasteiger partial charge in [0.1, 0.15) is 0 Å². The van der Waals surface area contributed by atoms with Crippen LogP contribution >= 0.6 is 11.8 Å². The van der Waals surface area contributed by atoms with E-state index >= 15 is 0 Å². The number of thioether (sulfide) groups is 1. The van der Waals surface area contributed by atoms with Crippen molar-refractivity contribution in [2.45, 2.75) is 37.9 Å². The molecule has 2 N–H and O–H groups in total. The van der Waals surface area contributed by atoms with Crippen LogP contribution in [-0.4, -0.2) is 33.6 Å². The van der Waals surface area contributed by atoms with Crippen LogP contribution in [-0.2, 0) is 9.59 Å². The molecule has 2 amide bonds. The molecule has 0 radical (unpaired) electrons. The molecule has 1 aliphatic heterocycles. The van der Waals surface area contributed by atoms with Gasteiger partial charge in [-0.25, -0.2) is 4.98 Å². The highest BCUT2D eigenvalue weighted by Crippen LogP contribution is 2.27. The third kappa shape index (κ3) is 3.89. The summed E-state index contributed by atoms with van der Waals surface area (Å²) in [6.45, 7) is 4.09. The molecule has 1 aliphatic rings. The summed E-state index contributed by atoms with van der Waals surface area (Å²) >= 11 is 1.37. The smallest absolute Gasteiger partial charge is 0.234 e. The molecule has 6 nitrogen and oxygen atoms in total. The number of amides is 2. The quantitative estimate of drug-likeness (QED) is 0.638. The lowest BCUT2D eigenvalue weighted by Crippen LogP contribution is -2.30. The van der Waals surface area contributed by atoms with Crippen LogP contribution in [0, 0.1) is 6.92 Å². The number of fused-ring (bicyclic) bond motifs is 1. The van der Waals surface area contributed by atoms with Crippen LogP contribution in [0.2, 0.25) is 0 Å². The Morgan fingerprint density at radius 3 is 2.79 bits per heavy atom. The lowest BCUT2D eigenvalue weighted by molar-refractivity contribution is -0.117. The number of nitrogens with zero attached hydrogens (tertiary/aromatic N) is 2. The van der Waals surface area contributed by atoms with Gasteiger partial charge in [-0.15, -0.1) is 0 Å². The van der Waals surface area contributed by atoms with Crippen molar-refractivity contribution in [3.8, 4) is 0 Å². The average molecular weight is 395 g/mol. The van der Waals surface area contributed by atoms with Crippen LogP contribution in [0.5, 0.6) is 0 Å². The number of nitrogens with one attached hydrogen (secondary N) is 2. The summed E-state index contributed by atoms with van der Waals surface area (Å²) in [6, 6.07) is 13.7. The molecule has 1 atom stereocenters. The number of rotatable bonds is 5. The molecule has 0 aliphatic carbocycles. The Labute approximate surface area is 167 Å². The maximum atomic E-state index is 12.3. The van der Waals surface area contributed by atoms with E-state index in [0.29, 0.717) is 12.1 Å². The fourth-order valence-electron chi connectivity index (χ4n) is 3.43. The molecule has 2 aromatic carbocycles. The van der Waals surface area contributed by atoms with E-state index in [1.807, 2.05) is 54.3 Å². The van der Waals surface area contributed by atoms with Crippen molar-refractivity contribution in [3.63, 3.8) is 0 Å². The number of H-pyrrole nitrogens is 1. The summed E-state index contributed by atoms with van der Waals surface area (Å²) in [4.78, 5) is 33.8. The second kappa shape index (κ2) is 7.67. The van der Waals surface area contributed by atoms with Gasteiger partial charge in [-0.2, -0.15) is 0 Å². The zero-order valence-corrected chi connectivity index (χ0v) is 16.7. The molecule has 1 unspecified atom stereocenters. The second-order valence-corrected chi connectivity index (χ2v) is 8.06. The molecule has 7 heteroatoms. The van der Waals surface area contributed by atoms with Crippen LogP contribution in [0.3, 0.4) is 0 Å². The lowest BCUT2D eigenvalue weighted by Gasteiger charge is -2.21. The minimum absolute atomic E-state index is 0.0972. The predicted molar refractivity (Wildman–Crippen MR) is 113 cm³/mol. The van der Waals surface area contributed by atoms with E-state index in [0.717, 1.165) is 28.3 Å². The van der Waals surface area contributed by atoms with E-state index in [1.54, 1.807) is 0 Å². The highest BCUT2D eigenvalue weighted by atomic mass is 32.2.